The summed E-state index contributed by atoms with van der Waals surface area (Å²) in [6.07, 6.45) is 8.75. The van der Waals surface area contributed by atoms with Gasteiger partial charge in [0.15, 0.2) is 0 Å². The summed E-state index contributed by atoms with van der Waals surface area (Å²) in [5.41, 5.74) is 7.78. The molecule has 0 spiro atoms. The zero-order valence-electron chi connectivity index (χ0n) is 11.1. The van der Waals surface area contributed by atoms with Crippen LogP contribution in [0.3, 0.4) is 0 Å². The van der Waals surface area contributed by atoms with Crippen molar-refractivity contribution in [2.24, 2.45) is 11.7 Å². The zero-order valence-corrected chi connectivity index (χ0v) is 11.9. The molecule has 1 aromatic rings. The van der Waals surface area contributed by atoms with E-state index in [9.17, 15) is 0 Å². The third-order valence-electron chi connectivity index (χ3n) is 3.90. The number of anilines is 1. The normalized spacial score (nSPS) is 23.7. The van der Waals surface area contributed by atoms with Gasteiger partial charge in [0.2, 0.25) is 0 Å². The van der Waals surface area contributed by atoms with Crippen LogP contribution >= 0.6 is 12.2 Å². The highest BCUT2D eigenvalue weighted by Gasteiger charge is 2.24. The summed E-state index contributed by atoms with van der Waals surface area (Å²) in [5, 5.41) is 0. The Bertz CT molecular complexity index is 433. The van der Waals surface area contributed by atoms with Gasteiger partial charge in [-0.3, -0.25) is 4.98 Å². The maximum Gasteiger partial charge on any atom is 0.106 e. The lowest BCUT2D eigenvalue weighted by Gasteiger charge is -2.36. The Morgan fingerprint density at radius 2 is 2.28 bits per heavy atom. The predicted octanol–water partition coefficient (Wildman–Crippen LogP) is 2.73. The van der Waals surface area contributed by atoms with E-state index in [1.807, 2.05) is 12.3 Å². The first-order valence-electron chi connectivity index (χ1n) is 6.56. The minimum atomic E-state index is 0.447. The number of hydrogen-bond donors (Lipinski definition) is 1. The standard InChI is InChI=1S/C14H21N3S/c1-10-4-3-5-11(8-10)17(2)13-9-16-7-6-12(13)14(15)18/h6-7,9-11H,3-5,8H2,1-2H3,(H2,15,18). The molecule has 1 fully saturated rings. The van der Waals surface area contributed by atoms with Crippen LogP contribution < -0.4 is 10.6 Å². The van der Waals surface area contributed by atoms with E-state index in [1.54, 1.807) is 6.20 Å². The number of nitrogens with zero attached hydrogens (tertiary/aromatic N) is 2. The first-order valence-corrected chi connectivity index (χ1v) is 6.97. The number of nitrogens with two attached hydrogens (primary N) is 1. The second kappa shape index (κ2) is 5.65. The van der Waals surface area contributed by atoms with Crippen molar-refractivity contribution in [1.29, 1.82) is 0 Å². The van der Waals surface area contributed by atoms with E-state index in [2.05, 4.69) is 23.9 Å². The highest BCUT2D eigenvalue weighted by molar-refractivity contribution is 7.80. The first-order chi connectivity index (χ1) is 8.59. The Morgan fingerprint density at radius 3 is 2.94 bits per heavy atom. The largest absolute Gasteiger partial charge is 0.389 e. The zero-order chi connectivity index (χ0) is 13.1. The highest BCUT2D eigenvalue weighted by atomic mass is 32.1. The van der Waals surface area contributed by atoms with Gasteiger partial charge in [0, 0.05) is 24.8 Å². The van der Waals surface area contributed by atoms with E-state index in [1.165, 1.54) is 25.7 Å². The summed E-state index contributed by atoms with van der Waals surface area (Å²) in [7, 11) is 2.13. The molecule has 3 nitrogen and oxygen atoms in total. The van der Waals surface area contributed by atoms with Gasteiger partial charge in [-0.25, -0.2) is 0 Å². The molecule has 1 aliphatic carbocycles. The molecule has 1 heterocycles. The highest BCUT2D eigenvalue weighted by Crippen LogP contribution is 2.30. The number of pyridine rings is 1. The van der Waals surface area contributed by atoms with E-state index in [4.69, 9.17) is 18.0 Å². The molecule has 98 valence electrons. The van der Waals surface area contributed by atoms with Crippen molar-refractivity contribution < 1.29 is 0 Å². The lowest BCUT2D eigenvalue weighted by molar-refractivity contribution is 0.336. The molecular weight excluding hydrogens is 242 g/mol. The summed E-state index contributed by atoms with van der Waals surface area (Å²) in [6.45, 7) is 2.33. The molecule has 1 aromatic heterocycles. The van der Waals surface area contributed by atoms with Gasteiger partial charge in [0.1, 0.15) is 4.99 Å². The molecule has 0 amide bonds. The van der Waals surface area contributed by atoms with E-state index in [0.29, 0.717) is 11.0 Å². The molecule has 0 aromatic carbocycles. The molecule has 1 saturated carbocycles. The summed E-state index contributed by atoms with van der Waals surface area (Å²) in [6, 6.07) is 2.48. The molecular formula is C14H21N3S. The predicted molar refractivity (Wildman–Crippen MR) is 79.9 cm³/mol. The summed E-state index contributed by atoms with van der Waals surface area (Å²) in [4.78, 5) is 6.96. The Kier molecular flexibility index (Phi) is 4.17. The fraction of sp³-hybridized carbons (Fsp3) is 0.571. The molecule has 0 saturated heterocycles. The molecule has 2 unspecified atom stereocenters. The Morgan fingerprint density at radius 1 is 1.50 bits per heavy atom. The Labute approximate surface area is 114 Å². The van der Waals surface area contributed by atoms with Gasteiger partial charge >= 0.3 is 0 Å². The fourth-order valence-corrected chi connectivity index (χ4v) is 3.00. The van der Waals surface area contributed by atoms with Crippen molar-refractivity contribution in [3.8, 4) is 0 Å². The minimum Gasteiger partial charge on any atom is -0.389 e. The van der Waals surface area contributed by atoms with E-state index >= 15 is 0 Å². The third-order valence-corrected chi connectivity index (χ3v) is 4.12. The van der Waals surface area contributed by atoms with Crippen molar-refractivity contribution in [3.63, 3.8) is 0 Å². The Hall–Kier alpha value is -1.16. The van der Waals surface area contributed by atoms with Crippen LogP contribution in [0.2, 0.25) is 0 Å². The van der Waals surface area contributed by atoms with Crippen LogP contribution in [0.25, 0.3) is 0 Å². The maximum absolute atomic E-state index is 5.79. The number of aromatic nitrogens is 1. The lowest BCUT2D eigenvalue weighted by atomic mass is 9.86. The van der Waals surface area contributed by atoms with Gasteiger partial charge in [-0.2, -0.15) is 0 Å². The van der Waals surface area contributed by atoms with Crippen LogP contribution in [-0.2, 0) is 0 Å². The van der Waals surface area contributed by atoms with Crippen molar-refractivity contribution in [2.75, 3.05) is 11.9 Å². The lowest BCUT2D eigenvalue weighted by Crippen LogP contribution is -2.36. The molecule has 4 heteroatoms. The molecule has 1 aliphatic rings. The van der Waals surface area contributed by atoms with Crippen LogP contribution in [-0.4, -0.2) is 23.1 Å². The first kappa shape index (κ1) is 13.3. The second-order valence-electron chi connectivity index (χ2n) is 5.29. The Balaban J connectivity index is 2.22. The quantitative estimate of drug-likeness (QED) is 0.852. The van der Waals surface area contributed by atoms with Gasteiger partial charge in [-0.1, -0.05) is 32.0 Å². The second-order valence-corrected chi connectivity index (χ2v) is 5.73. The molecule has 2 atom stereocenters. The molecule has 2 N–H and O–H groups in total. The van der Waals surface area contributed by atoms with Gasteiger partial charge < -0.3 is 10.6 Å². The van der Waals surface area contributed by atoms with E-state index in [-0.39, 0.29) is 0 Å². The minimum absolute atomic E-state index is 0.447. The number of rotatable bonds is 3. The third kappa shape index (κ3) is 2.80. The fourth-order valence-electron chi connectivity index (χ4n) is 2.83. The molecule has 2 rings (SSSR count). The monoisotopic (exact) mass is 263 g/mol. The molecule has 0 radical (unpaired) electrons. The van der Waals surface area contributed by atoms with E-state index in [0.717, 1.165) is 17.2 Å². The van der Waals surface area contributed by atoms with Crippen LogP contribution in [0, 0.1) is 5.92 Å². The van der Waals surface area contributed by atoms with Gasteiger partial charge in [0.25, 0.3) is 0 Å². The van der Waals surface area contributed by atoms with Gasteiger partial charge in [-0.05, 0) is 24.8 Å². The summed E-state index contributed by atoms with van der Waals surface area (Å²) in [5.74, 6) is 0.802. The average molecular weight is 263 g/mol. The van der Waals surface area contributed by atoms with Gasteiger partial charge in [0.05, 0.1) is 11.9 Å². The van der Waals surface area contributed by atoms with Crippen LogP contribution in [0.4, 0.5) is 5.69 Å². The smallest absolute Gasteiger partial charge is 0.106 e. The van der Waals surface area contributed by atoms with Crippen LogP contribution in [0.1, 0.15) is 38.2 Å². The van der Waals surface area contributed by atoms with Crippen LogP contribution in [0.5, 0.6) is 0 Å². The number of hydrogen-bond acceptors (Lipinski definition) is 3. The molecule has 18 heavy (non-hydrogen) atoms. The SMILES string of the molecule is CC1CCCC(N(C)c2cnccc2C(N)=S)C1. The maximum atomic E-state index is 5.79. The molecule has 0 aliphatic heterocycles. The van der Waals surface area contributed by atoms with Crippen molar-refractivity contribution >= 4 is 22.9 Å². The average Bonchev–Trinajstić information content (AvgIpc) is 2.38. The van der Waals surface area contributed by atoms with Crippen molar-refractivity contribution in [2.45, 2.75) is 38.6 Å². The van der Waals surface area contributed by atoms with E-state index < -0.39 is 0 Å². The molecule has 0 bridgehead atoms. The van der Waals surface area contributed by atoms with Crippen molar-refractivity contribution in [1.82, 2.24) is 4.98 Å². The topological polar surface area (TPSA) is 42.2 Å². The number of thiocarbonyl (C=S) groups is 1. The summed E-state index contributed by atoms with van der Waals surface area (Å²) < 4.78 is 0. The van der Waals surface area contributed by atoms with Gasteiger partial charge in [-0.15, -0.1) is 0 Å². The van der Waals surface area contributed by atoms with Crippen molar-refractivity contribution in [3.05, 3.63) is 24.0 Å². The summed E-state index contributed by atoms with van der Waals surface area (Å²) >= 11 is 5.12. The van der Waals surface area contributed by atoms with Crippen LogP contribution in [0.15, 0.2) is 18.5 Å².